The second-order valence-electron chi connectivity index (χ2n) is 6.69. The van der Waals surface area contributed by atoms with E-state index in [1.165, 1.54) is 19.3 Å². The molecule has 5 nitrogen and oxygen atoms in total. The van der Waals surface area contributed by atoms with Crippen molar-refractivity contribution in [1.82, 2.24) is 10.2 Å². The molecular formula is C18H35N3O2. The second kappa shape index (κ2) is 11.4. The van der Waals surface area contributed by atoms with Crippen LogP contribution < -0.4 is 11.1 Å². The monoisotopic (exact) mass is 325 g/mol. The second-order valence-corrected chi connectivity index (χ2v) is 6.69. The fraction of sp³-hybridized carbons (Fsp3) is 0.889. The first-order valence-corrected chi connectivity index (χ1v) is 9.39. The number of hydrogen-bond acceptors (Lipinski definition) is 3. The van der Waals surface area contributed by atoms with Crippen LogP contribution in [0.3, 0.4) is 0 Å². The van der Waals surface area contributed by atoms with Crippen LogP contribution in [0.1, 0.15) is 71.6 Å². The molecule has 0 bridgehead atoms. The Morgan fingerprint density at radius 3 is 2.22 bits per heavy atom. The zero-order valence-corrected chi connectivity index (χ0v) is 15.0. The van der Waals surface area contributed by atoms with Crippen molar-refractivity contribution < 1.29 is 9.59 Å². The molecule has 23 heavy (non-hydrogen) atoms. The fourth-order valence-electron chi connectivity index (χ4n) is 3.46. The Labute approximate surface area is 141 Å². The van der Waals surface area contributed by atoms with E-state index in [4.69, 9.17) is 5.73 Å². The summed E-state index contributed by atoms with van der Waals surface area (Å²) in [6.07, 6.45) is 8.55. The Bertz CT molecular complexity index is 348. The zero-order valence-electron chi connectivity index (χ0n) is 15.0. The van der Waals surface area contributed by atoms with Crippen LogP contribution in [0.4, 0.5) is 0 Å². The van der Waals surface area contributed by atoms with E-state index in [0.717, 1.165) is 38.8 Å². The van der Waals surface area contributed by atoms with E-state index in [1.54, 1.807) is 0 Å². The normalized spacial score (nSPS) is 16.8. The van der Waals surface area contributed by atoms with E-state index in [1.807, 2.05) is 4.90 Å². The largest absolute Gasteiger partial charge is 0.352 e. The van der Waals surface area contributed by atoms with Gasteiger partial charge >= 0.3 is 0 Å². The zero-order chi connectivity index (χ0) is 17.1. The third kappa shape index (κ3) is 7.34. The third-order valence-electron chi connectivity index (χ3n) is 4.72. The lowest BCUT2D eigenvalue weighted by Gasteiger charge is -2.30. The summed E-state index contributed by atoms with van der Waals surface area (Å²) in [4.78, 5) is 26.2. The molecule has 1 aliphatic rings. The highest BCUT2D eigenvalue weighted by atomic mass is 16.2. The van der Waals surface area contributed by atoms with Crippen molar-refractivity contribution in [1.29, 1.82) is 0 Å². The van der Waals surface area contributed by atoms with Crippen LogP contribution in [-0.4, -0.2) is 42.4 Å². The van der Waals surface area contributed by atoms with Crippen molar-refractivity contribution in [2.24, 2.45) is 11.7 Å². The SMILES string of the molecule is CCCN(CCC)C(=O)CCC(=O)NC(CN)C1CCCCC1. The Kier molecular flexibility index (Phi) is 9.92. The Morgan fingerprint density at radius 2 is 1.70 bits per heavy atom. The first kappa shape index (κ1) is 19.9. The predicted octanol–water partition coefficient (Wildman–Crippen LogP) is 2.44. The highest BCUT2D eigenvalue weighted by Gasteiger charge is 2.24. The van der Waals surface area contributed by atoms with E-state index >= 15 is 0 Å². The van der Waals surface area contributed by atoms with Crippen LogP contribution in [0.5, 0.6) is 0 Å². The molecule has 0 heterocycles. The maximum absolute atomic E-state index is 12.2. The molecule has 0 aromatic carbocycles. The Hall–Kier alpha value is -1.10. The molecular weight excluding hydrogens is 290 g/mol. The number of carbonyl (C=O) groups excluding carboxylic acids is 2. The minimum Gasteiger partial charge on any atom is -0.352 e. The van der Waals surface area contributed by atoms with Gasteiger partial charge in [0.2, 0.25) is 11.8 Å². The molecule has 3 N–H and O–H groups in total. The Balaban J connectivity index is 2.37. The molecule has 5 heteroatoms. The molecule has 1 fully saturated rings. The van der Waals surface area contributed by atoms with E-state index in [9.17, 15) is 9.59 Å². The van der Waals surface area contributed by atoms with Gasteiger partial charge < -0.3 is 16.0 Å². The van der Waals surface area contributed by atoms with Crippen LogP contribution >= 0.6 is 0 Å². The summed E-state index contributed by atoms with van der Waals surface area (Å²) in [5.41, 5.74) is 5.85. The summed E-state index contributed by atoms with van der Waals surface area (Å²) in [7, 11) is 0. The van der Waals surface area contributed by atoms with Crippen molar-refractivity contribution in [3.8, 4) is 0 Å². The maximum atomic E-state index is 12.2. The summed E-state index contributed by atoms with van der Waals surface area (Å²) in [6.45, 7) is 6.18. The minimum absolute atomic E-state index is 0.0349. The molecule has 0 radical (unpaired) electrons. The van der Waals surface area contributed by atoms with Gasteiger partial charge in [0.1, 0.15) is 0 Å². The highest BCUT2D eigenvalue weighted by molar-refractivity contribution is 5.83. The maximum Gasteiger partial charge on any atom is 0.223 e. The lowest BCUT2D eigenvalue weighted by Crippen LogP contribution is -2.46. The van der Waals surface area contributed by atoms with Crippen LogP contribution in [-0.2, 0) is 9.59 Å². The van der Waals surface area contributed by atoms with Gasteiger partial charge in [0.25, 0.3) is 0 Å². The lowest BCUT2D eigenvalue weighted by molar-refractivity contribution is -0.133. The average molecular weight is 325 g/mol. The third-order valence-corrected chi connectivity index (χ3v) is 4.72. The topological polar surface area (TPSA) is 75.4 Å². The molecule has 1 atom stereocenters. The van der Waals surface area contributed by atoms with E-state index in [0.29, 0.717) is 18.9 Å². The van der Waals surface area contributed by atoms with Gasteiger partial charge in [-0.3, -0.25) is 9.59 Å². The summed E-state index contributed by atoms with van der Waals surface area (Å²) < 4.78 is 0. The Morgan fingerprint density at radius 1 is 1.09 bits per heavy atom. The van der Waals surface area contributed by atoms with Crippen molar-refractivity contribution in [2.45, 2.75) is 77.7 Å². The molecule has 1 saturated carbocycles. The van der Waals surface area contributed by atoms with Gasteiger partial charge in [-0.05, 0) is 31.6 Å². The van der Waals surface area contributed by atoms with Gasteiger partial charge in [0, 0.05) is 38.5 Å². The summed E-state index contributed by atoms with van der Waals surface area (Å²) in [5, 5.41) is 3.06. The van der Waals surface area contributed by atoms with Gasteiger partial charge in [-0.2, -0.15) is 0 Å². The smallest absolute Gasteiger partial charge is 0.223 e. The van der Waals surface area contributed by atoms with Crippen LogP contribution in [0, 0.1) is 5.92 Å². The molecule has 0 aromatic rings. The first-order valence-electron chi connectivity index (χ1n) is 9.39. The van der Waals surface area contributed by atoms with Crippen LogP contribution in [0.15, 0.2) is 0 Å². The number of nitrogens with two attached hydrogens (primary N) is 1. The number of hydrogen-bond donors (Lipinski definition) is 2. The molecule has 134 valence electrons. The predicted molar refractivity (Wildman–Crippen MR) is 94.0 cm³/mol. The quantitative estimate of drug-likeness (QED) is 0.648. The molecule has 1 unspecified atom stereocenters. The standard InChI is InChI=1S/C18H35N3O2/c1-3-12-21(13-4-2)18(23)11-10-17(22)20-16(14-19)15-8-6-5-7-9-15/h15-16H,3-14,19H2,1-2H3,(H,20,22). The summed E-state index contributed by atoms with van der Waals surface area (Å²) in [6, 6.07) is 0.0697. The molecule has 1 aliphatic carbocycles. The van der Waals surface area contributed by atoms with Crippen LogP contribution in [0.25, 0.3) is 0 Å². The van der Waals surface area contributed by atoms with Gasteiger partial charge in [0.15, 0.2) is 0 Å². The van der Waals surface area contributed by atoms with Gasteiger partial charge in [-0.1, -0.05) is 33.1 Å². The number of rotatable bonds is 10. The fourth-order valence-corrected chi connectivity index (χ4v) is 3.46. The molecule has 0 aliphatic heterocycles. The first-order chi connectivity index (χ1) is 11.1. The van der Waals surface area contributed by atoms with Gasteiger partial charge in [0.05, 0.1) is 0 Å². The van der Waals surface area contributed by atoms with Crippen molar-refractivity contribution in [2.75, 3.05) is 19.6 Å². The lowest BCUT2D eigenvalue weighted by atomic mass is 9.84. The average Bonchev–Trinajstić information content (AvgIpc) is 2.58. The molecule has 0 saturated heterocycles. The minimum atomic E-state index is -0.0349. The number of nitrogens with one attached hydrogen (secondary N) is 1. The van der Waals surface area contributed by atoms with E-state index < -0.39 is 0 Å². The van der Waals surface area contributed by atoms with E-state index in [2.05, 4.69) is 19.2 Å². The summed E-state index contributed by atoms with van der Waals surface area (Å²) in [5.74, 6) is 0.559. The van der Waals surface area contributed by atoms with Gasteiger partial charge in [-0.25, -0.2) is 0 Å². The molecule has 1 rings (SSSR count). The highest BCUT2D eigenvalue weighted by Crippen LogP contribution is 2.26. The van der Waals surface area contributed by atoms with E-state index in [-0.39, 0.29) is 24.3 Å². The van der Waals surface area contributed by atoms with Crippen LogP contribution in [0.2, 0.25) is 0 Å². The number of carbonyl (C=O) groups is 2. The summed E-state index contributed by atoms with van der Waals surface area (Å²) >= 11 is 0. The molecule has 0 spiro atoms. The van der Waals surface area contributed by atoms with Crippen molar-refractivity contribution >= 4 is 11.8 Å². The number of nitrogens with zero attached hydrogens (tertiary/aromatic N) is 1. The van der Waals surface area contributed by atoms with Crippen molar-refractivity contribution in [3.05, 3.63) is 0 Å². The van der Waals surface area contributed by atoms with Crippen molar-refractivity contribution in [3.63, 3.8) is 0 Å². The molecule has 2 amide bonds. The molecule has 0 aromatic heterocycles. The van der Waals surface area contributed by atoms with Gasteiger partial charge in [-0.15, -0.1) is 0 Å². The number of amides is 2.